The molecular formula is C30H31N3O8S. The Kier molecular flexibility index (Phi) is 9.26. The number of imide groups is 1. The third-order valence-corrected chi connectivity index (χ3v) is 6.81. The summed E-state index contributed by atoms with van der Waals surface area (Å²) in [5.41, 5.74) is 0.759. The van der Waals surface area contributed by atoms with Gasteiger partial charge in [-0.3, -0.25) is 24.6 Å². The monoisotopic (exact) mass is 593 g/mol. The van der Waals surface area contributed by atoms with Gasteiger partial charge >= 0.3 is 6.09 Å². The van der Waals surface area contributed by atoms with Crippen molar-refractivity contribution in [3.8, 4) is 23.0 Å². The Morgan fingerprint density at radius 2 is 1.62 bits per heavy atom. The molecule has 3 N–H and O–H groups in total. The first-order valence-electron chi connectivity index (χ1n) is 13.0. The predicted octanol–water partition coefficient (Wildman–Crippen LogP) is 5.47. The van der Waals surface area contributed by atoms with E-state index in [1.165, 1.54) is 24.1 Å². The average Bonchev–Trinajstić information content (AvgIpc) is 3.25. The summed E-state index contributed by atoms with van der Waals surface area (Å²) in [6.07, 6.45) is -0.238. The number of phenols is 1. The minimum atomic E-state index is -0.738. The van der Waals surface area contributed by atoms with Crippen LogP contribution in [0.4, 0.5) is 21.0 Å². The van der Waals surface area contributed by atoms with E-state index in [0.29, 0.717) is 35.0 Å². The number of carbonyl (C=O) groups is 4. The van der Waals surface area contributed by atoms with E-state index >= 15 is 0 Å². The highest BCUT2D eigenvalue weighted by atomic mass is 32.2. The first-order valence-corrected chi connectivity index (χ1v) is 13.8. The van der Waals surface area contributed by atoms with Gasteiger partial charge < -0.3 is 24.6 Å². The zero-order valence-electron chi connectivity index (χ0n) is 23.5. The summed E-state index contributed by atoms with van der Waals surface area (Å²) in [4.78, 5) is 50.1. The van der Waals surface area contributed by atoms with Crippen LogP contribution in [0.5, 0.6) is 23.0 Å². The van der Waals surface area contributed by atoms with Crippen molar-refractivity contribution in [2.75, 3.05) is 23.9 Å². The summed E-state index contributed by atoms with van der Waals surface area (Å²) >= 11 is 0.963. The smallest absolute Gasteiger partial charge is 0.414 e. The SMILES string of the molecule is CN(C(=O)OC(C)(C)C)c1cc(Oc2ccc(O)cc2)ccc1NC(=O)COc1ccc(CC2SC(=O)NC2=O)cc1. The summed E-state index contributed by atoms with van der Waals surface area (Å²) in [6.45, 7) is 4.94. The van der Waals surface area contributed by atoms with Gasteiger partial charge in [0.2, 0.25) is 5.91 Å². The molecule has 11 nitrogen and oxygen atoms in total. The lowest BCUT2D eigenvalue weighted by Gasteiger charge is -2.26. The Morgan fingerprint density at radius 3 is 2.24 bits per heavy atom. The molecule has 12 heteroatoms. The molecule has 0 spiro atoms. The van der Waals surface area contributed by atoms with E-state index in [4.69, 9.17) is 14.2 Å². The van der Waals surface area contributed by atoms with Crippen LogP contribution < -0.4 is 25.0 Å². The number of nitrogens with zero attached hydrogens (tertiary/aromatic N) is 1. The summed E-state index contributed by atoms with van der Waals surface area (Å²) in [7, 11) is 1.52. The fourth-order valence-corrected chi connectivity index (χ4v) is 4.70. The summed E-state index contributed by atoms with van der Waals surface area (Å²) in [5.74, 6) is 0.615. The molecule has 0 bridgehead atoms. The molecule has 1 fully saturated rings. The van der Waals surface area contributed by atoms with Gasteiger partial charge in [-0.25, -0.2) is 4.79 Å². The second kappa shape index (κ2) is 12.9. The number of hydrogen-bond donors (Lipinski definition) is 3. The lowest BCUT2D eigenvalue weighted by atomic mass is 10.1. The highest BCUT2D eigenvalue weighted by molar-refractivity contribution is 8.15. The van der Waals surface area contributed by atoms with E-state index in [9.17, 15) is 24.3 Å². The lowest BCUT2D eigenvalue weighted by molar-refractivity contribution is -0.119. The van der Waals surface area contributed by atoms with E-state index in [1.807, 2.05) is 0 Å². The van der Waals surface area contributed by atoms with Gasteiger partial charge in [0.1, 0.15) is 28.6 Å². The molecule has 3 aromatic rings. The number of thioether (sulfide) groups is 1. The Bertz CT molecular complexity index is 1470. The number of hydrogen-bond acceptors (Lipinski definition) is 9. The van der Waals surface area contributed by atoms with Crippen LogP contribution in [0, 0.1) is 0 Å². The Morgan fingerprint density at radius 1 is 0.976 bits per heavy atom. The van der Waals surface area contributed by atoms with Crippen LogP contribution in [0.3, 0.4) is 0 Å². The van der Waals surface area contributed by atoms with Crippen LogP contribution in [-0.4, -0.2) is 52.8 Å². The maximum Gasteiger partial charge on any atom is 0.414 e. The van der Waals surface area contributed by atoms with E-state index < -0.39 is 22.9 Å². The predicted molar refractivity (Wildman–Crippen MR) is 158 cm³/mol. The van der Waals surface area contributed by atoms with Crippen molar-refractivity contribution in [3.63, 3.8) is 0 Å². The molecular weight excluding hydrogens is 562 g/mol. The molecule has 42 heavy (non-hydrogen) atoms. The van der Waals surface area contributed by atoms with Gasteiger partial charge in [-0.2, -0.15) is 0 Å². The number of aromatic hydroxyl groups is 1. The standard InChI is InChI=1S/C30H31N3O8S/c1-30(2,3)41-29(38)33(4)24-16-22(40-21-11-7-19(34)8-12-21)13-14-23(24)31-26(35)17-39-20-9-5-18(6-10-20)15-25-27(36)32-28(37)42-25/h5-14,16,25,34H,15,17H2,1-4H3,(H,31,35)(H,32,36,37). The van der Waals surface area contributed by atoms with Gasteiger partial charge in [0, 0.05) is 13.1 Å². The normalized spacial score (nSPS) is 14.6. The number of amides is 4. The largest absolute Gasteiger partial charge is 0.508 e. The van der Waals surface area contributed by atoms with Crippen LogP contribution in [0.2, 0.25) is 0 Å². The van der Waals surface area contributed by atoms with Crippen molar-refractivity contribution < 1.29 is 38.5 Å². The molecule has 1 atom stereocenters. The van der Waals surface area contributed by atoms with Crippen LogP contribution in [0.15, 0.2) is 66.7 Å². The van der Waals surface area contributed by atoms with E-state index in [1.54, 1.807) is 75.4 Å². The molecule has 1 unspecified atom stereocenters. The van der Waals surface area contributed by atoms with Crippen molar-refractivity contribution in [3.05, 3.63) is 72.3 Å². The molecule has 0 radical (unpaired) electrons. The molecule has 1 heterocycles. The topological polar surface area (TPSA) is 144 Å². The summed E-state index contributed by atoms with van der Waals surface area (Å²) in [6, 6.07) is 17.9. The number of benzene rings is 3. The Hall–Kier alpha value is -4.71. The Labute approximate surface area is 247 Å². The second-order valence-corrected chi connectivity index (χ2v) is 11.6. The van der Waals surface area contributed by atoms with Crippen LogP contribution >= 0.6 is 11.8 Å². The Balaban J connectivity index is 1.43. The summed E-state index contributed by atoms with van der Waals surface area (Å²) < 4.78 is 17.0. The number of ether oxygens (including phenoxy) is 3. The number of carbonyl (C=O) groups excluding carboxylic acids is 4. The van der Waals surface area contributed by atoms with Crippen LogP contribution in [0.1, 0.15) is 26.3 Å². The van der Waals surface area contributed by atoms with Gasteiger partial charge in [-0.05, 0) is 81.3 Å². The van der Waals surface area contributed by atoms with Crippen LogP contribution in [0.25, 0.3) is 0 Å². The molecule has 1 saturated heterocycles. The fraction of sp³-hybridized carbons (Fsp3) is 0.267. The van der Waals surface area contributed by atoms with Crippen molar-refractivity contribution >= 4 is 46.3 Å². The molecule has 3 aromatic carbocycles. The fourth-order valence-electron chi connectivity index (χ4n) is 3.84. The van der Waals surface area contributed by atoms with Gasteiger partial charge in [0.05, 0.1) is 16.6 Å². The zero-order valence-corrected chi connectivity index (χ0v) is 24.3. The first-order chi connectivity index (χ1) is 19.9. The highest BCUT2D eigenvalue weighted by Gasteiger charge is 2.31. The number of rotatable bonds is 9. The zero-order chi connectivity index (χ0) is 30.4. The van der Waals surface area contributed by atoms with Gasteiger partial charge in [-0.1, -0.05) is 23.9 Å². The van der Waals surface area contributed by atoms with Crippen molar-refractivity contribution in [2.45, 2.75) is 38.0 Å². The number of nitrogens with one attached hydrogen (secondary N) is 2. The lowest BCUT2D eigenvalue weighted by Crippen LogP contribution is -2.34. The molecule has 0 aliphatic carbocycles. The molecule has 4 rings (SSSR count). The maximum atomic E-state index is 12.8. The van der Waals surface area contributed by atoms with Gasteiger partial charge in [0.25, 0.3) is 11.1 Å². The third kappa shape index (κ3) is 8.40. The molecule has 1 aliphatic heterocycles. The minimum Gasteiger partial charge on any atom is -0.508 e. The molecule has 4 amide bonds. The number of anilines is 2. The molecule has 0 saturated carbocycles. The highest BCUT2D eigenvalue weighted by Crippen LogP contribution is 2.33. The third-order valence-electron chi connectivity index (χ3n) is 5.83. The first kappa shape index (κ1) is 30.3. The molecule has 0 aromatic heterocycles. The molecule has 1 aliphatic rings. The van der Waals surface area contributed by atoms with Gasteiger partial charge in [-0.15, -0.1) is 0 Å². The maximum absolute atomic E-state index is 12.8. The molecule has 220 valence electrons. The summed E-state index contributed by atoms with van der Waals surface area (Å²) in [5, 5.41) is 13.7. The van der Waals surface area contributed by atoms with Gasteiger partial charge in [0.15, 0.2) is 6.61 Å². The van der Waals surface area contributed by atoms with Crippen molar-refractivity contribution in [1.82, 2.24) is 5.32 Å². The van der Waals surface area contributed by atoms with Crippen molar-refractivity contribution in [2.24, 2.45) is 0 Å². The van der Waals surface area contributed by atoms with E-state index in [0.717, 1.165) is 17.3 Å². The quantitative estimate of drug-likeness (QED) is 0.294. The average molecular weight is 594 g/mol. The van der Waals surface area contributed by atoms with Crippen LogP contribution in [-0.2, 0) is 20.7 Å². The second-order valence-electron chi connectivity index (χ2n) is 10.4. The minimum absolute atomic E-state index is 0.0961. The van der Waals surface area contributed by atoms with E-state index in [2.05, 4.69) is 10.6 Å². The van der Waals surface area contributed by atoms with E-state index in [-0.39, 0.29) is 23.5 Å². The van der Waals surface area contributed by atoms with Crippen molar-refractivity contribution in [1.29, 1.82) is 0 Å². The number of phenolic OH excluding ortho intramolecular Hbond substituents is 1.